The maximum absolute atomic E-state index is 4.38. The van der Waals surface area contributed by atoms with E-state index in [1.807, 2.05) is 12.3 Å². The summed E-state index contributed by atoms with van der Waals surface area (Å²) in [5, 5.41) is 4.82. The second-order valence-electron chi connectivity index (χ2n) is 4.56. The largest absolute Gasteiger partial charge is 0.310 e. The van der Waals surface area contributed by atoms with Gasteiger partial charge in [0.2, 0.25) is 0 Å². The van der Waals surface area contributed by atoms with Gasteiger partial charge >= 0.3 is 0 Å². The molecular formula is C15H20N2. The molecule has 1 N–H and O–H groups in total. The van der Waals surface area contributed by atoms with E-state index in [0.29, 0.717) is 6.04 Å². The molecule has 90 valence electrons. The Labute approximate surface area is 103 Å². The van der Waals surface area contributed by atoms with Gasteiger partial charge in [-0.25, -0.2) is 0 Å². The molecule has 0 bridgehead atoms. The Morgan fingerprint density at radius 2 is 2.06 bits per heavy atom. The zero-order valence-corrected chi connectivity index (χ0v) is 10.6. The van der Waals surface area contributed by atoms with Crippen LogP contribution in [0.2, 0.25) is 0 Å². The van der Waals surface area contributed by atoms with Gasteiger partial charge in [0.15, 0.2) is 0 Å². The van der Waals surface area contributed by atoms with Crippen LogP contribution in [-0.2, 0) is 6.54 Å². The van der Waals surface area contributed by atoms with Gasteiger partial charge in [-0.1, -0.05) is 31.5 Å². The van der Waals surface area contributed by atoms with Crippen molar-refractivity contribution in [2.75, 3.05) is 0 Å². The van der Waals surface area contributed by atoms with Crippen molar-refractivity contribution in [3.63, 3.8) is 0 Å². The van der Waals surface area contributed by atoms with Crippen molar-refractivity contribution in [2.24, 2.45) is 0 Å². The number of para-hydroxylation sites is 1. The smallest absolute Gasteiger partial charge is 0.0705 e. The molecule has 0 spiro atoms. The van der Waals surface area contributed by atoms with Crippen molar-refractivity contribution in [1.82, 2.24) is 10.3 Å². The summed E-state index contributed by atoms with van der Waals surface area (Å²) in [6.45, 7) is 5.39. The lowest BCUT2D eigenvalue weighted by atomic mass is 10.1. The van der Waals surface area contributed by atoms with Gasteiger partial charge in [-0.05, 0) is 31.0 Å². The molecule has 1 aromatic heterocycles. The SMILES string of the molecule is CCCC(C)NCc1ccnc2ccccc12. The molecule has 2 heteroatoms. The molecule has 2 aromatic rings. The summed E-state index contributed by atoms with van der Waals surface area (Å²) in [7, 11) is 0. The third kappa shape index (κ3) is 3.04. The molecule has 0 aliphatic rings. The number of aromatic nitrogens is 1. The second kappa shape index (κ2) is 5.78. The molecule has 1 unspecified atom stereocenters. The van der Waals surface area contributed by atoms with Gasteiger partial charge in [0.1, 0.15) is 0 Å². The highest BCUT2D eigenvalue weighted by Crippen LogP contribution is 2.16. The summed E-state index contributed by atoms with van der Waals surface area (Å²) in [4.78, 5) is 4.38. The predicted octanol–water partition coefficient (Wildman–Crippen LogP) is 3.51. The molecule has 0 aliphatic heterocycles. The Kier molecular flexibility index (Phi) is 4.10. The van der Waals surface area contributed by atoms with Crippen molar-refractivity contribution in [1.29, 1.82) is 0 Å². The number of nitrogens with zero attached hydrogens (tertiary/aromatic N) is 1. The topological polar surface area (TPSA) is 24.9 Å². The van der Waals surface area contributed by atoms with E-state index in [1.54, 1.807) is 0 Å². The van der Waals surface area contributed by atoms with Gasteiger partial charge in [-0.15, -0.1) is 0 Å². The fourth-order valence-corrected chi connectivity index (χ4v) is 2.13. The molecule has 2 nitrogen and oxygen atoms in total. The summed E-state index contributed by atoms with van der Waals surface area (Å²) in [5.41, 5.74) is 2.41. The Morgan fingerprint density at radius 3 is 2.88 bits per heavy atom. The zero-order valence-electron chi connectivity index (χ0n) is 10.6. The van der Waals surface area contributed by atoms with E-state index in [0.717, 1.165) is 12.1 Å². The van der Waals surface area contributed by atoms with Crippen LogP contribution in [0.15, 0.2) is 36.5 Å². The lowest BCUT2D eigenvalue weighted by Crippen LogP contribution is -2.25. The van der Waals surface area contributed by atoms with Crippen LogP contribution in [0, 0.1) is 0 Å². The molecule has 1 aromatic carbocycles. The van der Waals surface area contributed by atoms with Crippen LogP contribution < -0.4 is 5.32 Å². The number of nitrogens with one attached hydrogen (secondary N) is 1. The monoisotopic (exact) mass is 228 g/mol. The summed E-state index contributed by atoms with van der Waals surface area (Å²) in [6, 6.07) is 11.0. The number of rotatable bonds is 5. The van der Waals surface area contributed by atoms with E-state index in [1.165, 1.54) is 23.8 Å². The van der Waals surface area contributed by atoms with E-state index < -0.39 is 0 Å². The summed E-state index contributed by atoms with van der Waals surface area (Å²) >= 11 is 0. The fourth-order valence-electron chi connectivity index (χ4n) is 2.13. The number of hydrogen-bond acceptors (Lipinski definition) is 2. The van der Waals surface area contributed by atoms with Gasteiger partial charge in [-0.2, -0.15) is 0 Å². The normalized spacial score (nSPS) is 12.8. The van der Waals surface area contributed by atoms with E-state index in [9.17, 15) is 0 Å². The molecule has 17 heavy (non-hydrogen) atoms. The predicted molar refractivity (Wildman–Crippen MR) is 73.0 cm³/mol. The summed E-state index contributed by atoms with van der Waals surface area (Å²) in [5.74, 6) is 0. The first-order valence-corrected chi connectivity index (χ1v) is 6.37. The van der Waals surface area contributed by atoms with Crippen molar-refractivity contribution >= 4 is 10.9 Å². The molecule has 0 saturated heterocycles. The van der Waals surface area contributed by atoms with Crippen LogP contribution in [0.5, 0.6) is 0 Å². The van der Waals surface area contributed by atoms with Crippen LogP contribution in [0.25, 0.3) is 10.9 Å². The van der Waals surface area contributed by atoms with Crippen LogP contribution in [-0.4, -0.2) is 11.0 Å². The lowest BCUT2D eigenvalue weighted by molar-refractivity contribution is 0.509. The van der Waals surface area contributed by atoms with Gasteiger partial charge < -0.3 is 5.32 Å². The first-order chi connectivity index (χ1) is 8.31. The first-order valence-electron chi connectivity index (χ1n) is 6.37. The molecule has 0 radical (unpaired) electrons. The summed E-state index contributed by atoms with van der Waals surface area (Å²) < 4.78 is 0. The molecule has 0 fully saturated rings. The minimum absolute atomic E-state index is 0.576. The van der Waals surface area contributed by atoms with Crippen molar-refractivity contribution in [3.05, 3.63) is 42.1 Å². The zero-order chi connectivity index (χ0) is 12.1. The van der Waals surface area contributed by atoms with Crippen LogP contribution in [0.4, 0.5) is 0 Å². The summed E-state index contributed by atoms with van der Waals surface area (Å²) in [6.07, 6.45) is 4.35. The standard InChI is InChI=1S/C15H20N2/c1-3-6-12(2)17-11-13-9-10-16-15-8-5-4-7-14(13)15/h4-5,7-10,12,17H,3,6,11H2,1-2H3. The maximum atomic E-state index is 4.38. The number of fused-ring (bicyclic) bond motifs is 1. The highest BCUT2D eigenvalue weighted by Gasteiger charge is 2.03. The van der Waals surface area contributed by atoms with Gasteiger partial charge in [0.05, 0.1) is 5.52 Å². The Morgan fingerprint density at radius 1 is 1.24 bits per heavy atom. The molecule has 0 saturated carbocycles. The van der Waals surface area contributed by atoms with Crippen LogP contribution >= 0.6 is 0 Å². The van der Waals surface area contributed by atoms with E-state index in [4.69, 9.17) is 0 Å². The van der Waals surface area contributed by atoms with Crippen molar-refractivity contribution in [2.45, 2.75) is 39.3 Å². The molecular weight excluding hydrogens is 208 g/mol. The number of hydrogen-bond donors (Lipinski definition) is 1. The average Bonchev–Trinajstić information content (AvgIpc) is 2.36. The molecule has 0 aliphatic carbocycles. The minimum atomic E-state index is 0.576. The molecule has 1 atom stereocenters. The van der Waals surface area contributed by atoms with E-state index >= 15 is 0 Å². The molecule has 2 rings (SSSR count). The average molecular weight is 228 g/mol. The minimum Gasteiger partial charge on any atom is -0.310 e. The third-order valence-electron chi connectivity index (χ3n) is 3.10. The van der Waals surface area contributed by atoms with Crippen LogP contribution in [0.3, 0.4) is 0 Å². The van der Waals surface area contributed by atoms with E-state index in [-0.39, 0.29) is 0 Å². The van der Waals surface area contributed by atoms with Crippen molar-refractivity contribution < 1.29 is 0 Å². The third-order valence-corrected chi connectivity index (χ3v) is 3.10. The number of pyridine rings is 1. The van der Waals surface area contributed by atoms with Gasteiger partial charge in [-0.3, -0.25) is 4.98 Å². The highest BCUT2D eigenvalue weighted by molar-refractivity contribution is 5.81. The maximum Gasteiger partial charge on any atom is 0.0705 e. The van der Waals surface area contributed by atoms with Gasteiger partial charge in [0, 0.05) is 24.2 Å². The fraction of sp³-hybridized carbons (Fsp3) is 0.400. The Bertz CT molecular complexity index is 474. The lowest BCUT2D eigenvalue weighted by Gasteiger charge is -2.13. The Balaban J connectivity index is 2.13. The van der Waals surface area contributed by atoms with Crippen LogP contribution in [0.1, 0.15) is 32.3 Å². The Hall–Kier alpha value is -1.41. The quantitative estimate of drug-likeness (QED) is 0.847. The molecule has 0 amide bonds. The number of benzene rings is 1. The highest BCUT2D eigenvalue weighted by atomic mass is 14.9. The molecule has 1 heterocycles. The second-order valence-corrected chi connectivity index (χ2v) is 4.56. The first kappa shape index (κ1) is 12.1. The van der Waals surface area contributed by atoms with Gasteiger partial charge in [0.25, 0.3) is 0 Å². The van der Waals surface area contributed by atoms with E-state index in [2.05, 4.69) is 48.4 Å². The van der Waals surface area contributed by atoms with Crippen molar-refractivity contribution in [3.8, 4) is 0 Å².